The molecule has 0 unspecified atom stereocenters. The fraction of sp³-hybridized carbons (Fsp3) is 0.163. The van der Waals surface area contributed by atoms with Gasteiger partial charge in [0.2, 0.25) is 0 Å². The van der Waals surface area contributed by atoms with Gasteiger partial charge in [-0.25, -0.2) is 0 Å². The molecule has 0 saturated heterocycles. The van der Waals surface area contributed by atoms with Crippen LogP contribution >= 0.6 is 0 Å². The van der Waals surface area contributed by atoms with E-state index in [1.54, 1.807) is 14.2 Å². The normalized spacial score (nSPS) is 11.2. The summed E-state index contributed by atoms with van der Waals surface area (Å²) in [5.41, 5.74) is 8.38. The van der Waals surface area contributed by atoms with E-state index in [1.807, 2.05) is 60.7 Å². The van der Waals surface area contributed by atoms with Crippen LogP contribution in [0.1, 0.15) is 41.7 Å². The highest BCUT2D eigenvalue weighted by molar-refractivity contribution is 5.64. The molecule has 47 heavy (non-hydrogen) atoms. The molecule has 0 heterocycles. The SMILES string of the molecule is COCc1ccc(-c2ccc(Cc3ccc(Oc4ccc(Oc5ccc(C(C)(C)c6ccc(OC)cc6)cc5)cc4)cc3)cc2)cc1. The summed E-state index contributed by atoms with van der Waals surface area (Å²) in [6.45, 7) is 5.08. The van der Waals surface area contributed by atoms with E-state index in [4.69, 9.17) is 18.9 Å². The number of rotatable bonds is 12. The average Bonchev–Trinajstić information content (AvgIpc) is 3.11. The Hall–Kier alpha value is -5.32. The van der Waals surface area contributed by atoms with Crippen molar-refractivity contribution < 1.29 is 18.9 Å². The first-order valence-corrected chi connectivity index (χ1v) is 15.9. The van der Waals surface area contributed by atoms with Crippen LogP contribution in [-0.2, 0) is 23.2 Å². The van der Waals surface area contributed by atoms with E-state index in [2.05, 4.69) is 98.8 Å². The van der Waals surface area contributed by atoms with Crippen LogP contribution in [0.2, 0.25) is 0 Å². The highest BCUT2D eigenvalue weighted by Crippen LogP contribution is 2.34. The number of ether oxygens (including phenoxy) is 4. The van der Waals surface area contributed by atoms with Gasteiger partial charge in [0.05, 0.1) is 13.7 Å². The van der Waals surface area contributed by atoms with E-state index in [0.717, 1.165) is 35.2 Å². The zero-order valence-corrected chi connectivity index (χ0v) is 27.4. The molecule has 6 rings (SSSR count). The Morgan fingerprint density at radius 2 is 0.745 bits per heavy atom. The van der Waals surface area contributed by atoms with Crippen molar-refractivity contribution in [2.45, 2.75) is 32.3 Å². The number of methoxy groups -OCH3 is 2. The van der Waals surface area contributed by atoms with E-state index in [0.29, 0.717) is 6.61 Å². The van der Waals surface area contributed by atoms with Gasteiger partial charge in [0, 0.05) is 12.5 Å². The fourth-order valence-electron chi connectivity index (χ4n) is 5.65. The molecule has 0 amide bonds. The minimum Gasteiger partial charge on any atom is -0.497 e. The summed E-state index contributed by atoms with van der Waals surface area (Å²) in [7, 11) is 3.40. The predicted octanol–water partition coefficient (Wildman–Crippen LogP) is 11.0. The maximum Gasteiger partial charge on any atom is 0.127 e. The molecule has 0 aliphatic rings. The summed E-state index contributed by atoms with van der Waals surface area (Å²) >= 11 is 0. The van der Waals surface area contributed by atoms with Gasteiger partial charge >= 0.3 is 0 Å². The monoisotopic (exact) mass is 620 g/mol. The van der Waals surface area contributed by atoms with E-state index in [-0.39, 0.29) is 5.41 Å². The molecule has 0 radical (unpaired) electrons. The molecule has 0 aliphatic carbocycles. The van der Waals surface area contributed by atoms with Crippen LogP contribution in [0, 0.1) is 0 Å². The van der Waals surface area contributed by atoms with Crippen molar-refractivity contribution in [3.63, 3.8) is 0 Å². The molecule has 4 nitrogen and oxygen atoms in total. The van der Waals surface area contributed by atoms with Gasteiger partial charge < -0.3 is 18.9 Å². The van der Waals surface area contributed by atoms with Crippen LogP contribution in [-0.4, -0.2) is 14.2 Å². The van der Waals surface area contributed by atoms with Crippen molar-refractivity contribution in [2.24, 2.45) is 0 Å². The number of hydrogen-bond acceptors (Lipinski definition) is 4. The molecule has 0 aromatic heterocycles. The molecular formula is C43H40O4. The highest BCUT2D eigenvalue weighted by atomic mass is 16.5. The van der Waals surface area contributed by atoms with E-state index >= 15 is 0 Å². The topological polar surface area (TPSA) is 36.9 Å². The lowest BCUT2D eigenvalue weighted by molar-refractivity contribution is 0.185. The molecule has 0 aliphatic heterocycles. The molecular weight excluding hydrogens is 580 g/mol. The molecule has 236 valence electrons. The largest absolute Gasteiger partial charge is 0.497 e. The lowest BCUT2D eigenvalue weighted by Crippen LogP contribution is -2.18. The van der Waals surface area contributed by atoms with Crippen LogP contribution < -0.4 is 14.2 Å². The Bertz CT molecular complexity index is 1850. The zero-order chi connectivity index (χ0) is 32.6. The number of hydrogen-bond donors (Lipinski definition) is 0. The Morgan fingerprint density at radius 3 is 1.15 bits per heavy atom. The first kappa shape index (κ1) is 31.7. The van der Waals surface area contributed by atoms with Gasteiger partial charge in [-0.3, -0.25) is 0 Å². The van der Waals surface area contributed by atoms with Gasteiger partial charge in [-0.05, 0) is 106 Å². The third kappa shape index (κ3) is 7.92. The lowest BCUT2D eigenvalue weighted by Gasteiger charge is -2.26. The quantitative estimate of drug-likeness (QED) is 0.136. The summed E-state index contributed by atoms with van der Waals surface area (Å²) in [4.78, 5) is 0. The van der Waals surface area contributed by atoms with Gasteiger partial charge in [-0.1, -0.05) is 98.8 Å². The molecule has 0 atom stereocenters. The summed E-state index contributed by atoms with van der Waals surface area (Å²) in [5, 5.41) is 0. The van der Waals surface area contributed by atoms with Crippen LogP contribution in [0.15, 0.2) is 146 Å². The third-order valence-corrected chi connectivity index (χ3v) is 8.57. The lowest BCUT2D eigenvalue weighted by atomic mass is 9.78. The number of benzene rings is 6. The molecule has 4 heteroatoms. The smallest absolute Gasteiger partial charge is 0.127 e. The Kier molecular flexibility index (Phi) is 9.70. The standard InChI is InChI=1S/C43H40O4/c1-43(2,36-15-21-38(45-4)22-16-36)37-17-23-40(24-18-37)47-42-27-25-41(26-28-42)46-39-19-9-32(10-20-39)29-31-5-11-34(12-6-31)35-13-7-33(8-14-35)30-44-3/h5-28H,29-30H2,1-4H3. The Balaban J connectivity index is 1.01. The molecule has 0 bridgehead atoms. The van der Waals surface area contributed by atoms with Gasteiger partial charge in [0.25, 0.3) is 0 Å². The second kappa shape index (κ2) is 14.4. The first-order valence-electron chi connectivity index (χ1n) is 15.9. The maximum absolute atomic E-state index is 6.13. The van der Waals surface area contributed by atoms with Crippen molar-refractivity contribution in [3.8, 4) is 39.9 Å². The van der Waals surface area contributed by atoms with Crippen LogP contribution in [0.4, 0.5) is 0 Å². The van der Waals surface area contributed by atoms with Gasteiger partial charge in [-0.15, -0.1) is 0 Å². The average molecular weight is 621 g/mol. The summed E-state index contributed by atoms with van der Waals surface area (Å²) in [6, 6.07) is 49.8. The van der Waals surface area contributed by atoms with Gasteiger partial charge in [0.1, 0.15) is 28.7 Å². The minimum atomic E-state index is -0.147. The van der Waals surface area contributed by atoms with E-state index < -0.39 is 0 Å². The molecule has 6 aromatic rings. The predicted molar refractivity (Wildman–Crippen MR) is 190 cm³/mol. The summed E-state index contributed by atoms with van der Waals surface area (Å²) in [5.74, 6) is 3.95. The Morgan fingerprint density at radius 1 is 0.404 bits per heavy atom. The minimum absolute atomic E-state index is 0.147. The van der Waals surface area contributed by atoms with Crippen molar-refractivity contribution >= 4 is 0 Å². The molecule has 0 N–H and O–H groups in total. The second-order valence-corrected chi connectivity index (χ2v) is 12.2. The maximum atomic E-state index is 6.13. The second-order valence-electron chi connectivity index (χ2n) is 12.2. The first-order chi connectivity index (χ1) is 22.9. The van der Waals surface area contributed by atoms with Crippen molar-refractivity contribution in [2.75, 3.05) is 14.2 Å². The molecule has 0 fully saturated rings. The molecule has 0 saturated carbocycles. The third-order valence-electron chi connectivity index (χ3n) is 8.57. The van der Waals surface area contributed by atoms with Gasteiger partial charge in [0.15, 0.2) is 0 Å². The fourth-order valence-corrected chi connectivity index (χ4v) is 5.65. The van der Waals surface area contributed by atoms with Crippen molar-refractivity contribution in [1.29, 1.82) is 0 Å². The zero-order valence-electron chi connectivity index (χ0n) is 27.4. The van der Waals surface area contributed by atoms with Crippen LogP contribution in [0.25, 0.3) is 11.1 Å². The Labute approximate surface area is 278 Å². The summed E-state index contributed by atoms with van der Waals surface area (Å²) < 4.78 is 22.8. The highest BCUT2D eigenvalue weighted by Gasteiger charge is 2.23. The van der Waals surface area contributed by atoms with Crippen LogP contribution in [0.5, 0.6) is 28.7 Å². The van der Waals surface area contributed by atoms with Crippen LogP contribution in [0.3, 0.4) is 0 Å². The van der Waals surface area contributed by atoms with E-state index in [1.165, 1.54) is 38.9 Å². The van der Waals surface area contributed by atoms with Gasteiger partial charge in [-0.2, -0.15) is 0 Å². The van der Waals surface area contributed by atoms with Crippen molar-refractivity contribution in [3.05, 3.63) is 173 Å². The van der Waals surface area contributed by atoms with Crippen molar-refractivity contribution in [1.82, 2.24) is 0 Å². The molecule has 0 spiro atoms. The molecule has 6 aromatic carbocycles. The van der Waals surface area contributed by atoms with E-state index in [9.17, 15) is 0 Å². The summed E-state index contributed by atoms with van der Waals surface area (Å²) in [6.07, 6.45) is 0.860.